The molecule has 4 heteroatoms. The van der Waals surface area contributed by atoms with Crippen molar-refractivity contribution in [3.63, 3.8) is 0 Å². The van der Waals surface area contributed by atoms with Crippen LogP contribution in [-0.2, 0) is 0 Å². The van der Waals surface area contributed by atoms with Crippen molar-refractivity contribution in [2.75, 3.05) is 32.1 Å². The number of pyridine rings is 1. The van der Waals surface area contributed by atoms with Gasteiger partial charge in [-0.1, -0.05) is 13.8 Å². The van der Waals surface area contributed by atoms with E-state index in [1.807, 2.05) is 36.0 Å². The number of amides is 1. The summed E-state index contributed by atoms with van der Waals surface area (Å²) in [4.78, 5) is 20.6. The summed E-state index contributed by atoms with van der Waals surface area (Å²) in [5, 5.41) is 0. The minimum Gasteiger partial charge on any atom is -0.362 e. The van der Waals surface area contributed by atoms with Gasteiger partial charge in [0.1, 0.15) is 5.82 Å². The van der Waals surface area contributed by atoms with Gasteiger partial charge in [0, 0.05) is 33.4 Å². The molecular weight excluding hydrogens is 226 g/mol. The normalized spacial score (nSPS) is 10.2. The Labute approximate surface area is 110 Å². The van der Waals surface area contributed by atoms with Crippen molar-refractivity contribution in [3.8, 4) is 0 Å². The molecule has 0 atom stereocenters. The van der Waals surface area contributed by atoms with Crippen LogP contribution in [0.5, 0.6) is 0 Å². The van der Waals surface area contributed by atoms with E-state index in [-0.39, 0.29) is 5.91 Å². The fourth-order valence-electron chi connectivity index (χ4n) is 1.95. The first-order chi connectivity index (χ1) is 8.61. The average molecular weight is 249 g/mol. The molecule has 0 saturated carbocycles. The predicted octanol–water partition coefficient (Wildman–Crippen LogP) is 2.41. The van der Waals surface area contributed by atoms with E-state index in [1.54, 1.807) is 6.20 Å². The number of hydrogen-bond donors (Lipinski definition) is 0. The third kappa shape index (κ3) is 3.45. The fourth-order valence-corrected chi connectivity index (χ4v) is 1.95. The zero-order valence-electron chi connectivity index (χ0n) is 11.8. The summed E-state index contributed by atoms with van der Waals surface area (Å²) in [6.45, 7) is 5.78. The van der Waals surface area contributed by atoms with Gasteiger partial charge in [0.05, 0.1) is 5.56 Å². The first-order valence-corrected chi connectivity index (χ1v) is 6.53. The van der Waals surface area contributed by atoms with Crippen LogP contribution >= 0.6 is 0 Å². The molecule has 4 nitrogen and oxygen atoms in total. The third-order valence-corrected chi connectivity index (χ3v) is 2.71. The van der Waals surface area contributed by atoms with Gasteiger partial charge >= 0.3 is 0 Å². The van der Waals surface area contributed by atoms with Crippen molar-refractivity contribution in [3.05, 3.63) is 23.9 Å². The summed E-state index contributed by atoms with van der Waals surface area (Å²) in [7, 11) is 3.81. The van der Waals surface area contributed by atoms with E-state index >= 15 is 0 Å². The van der Waals surface area contributed by atoms with Gasteiger partial charge in [-0.05, 0) is 25.0 Å². The summed E-state index contributed by atoms with van der Waals surface area (Å²) >= 11 is 0. The Morgan fingerprint density at radius 1 is 1.22 bits per heavy atom. The third-order valence-electron chi connectivity index (χ3n) is 2.71. The minimum atomic E-state index is 0.0792. The zero-order chi connectivity index (χ0) is 13.5. The van der Waals surface area contributed by atoms with Crippen LogP contribution in [0.4, 0.5) is 5.82 Å². The van der Waals surface area contributed by atoms with Crippen LogP contribution in [0.2, 0.25) is 0 Å². The smallest absolute Gasteiger partial charge is 0.257 e. The van der Waals surface area contributed by atoms with Crippen LogP contribution in [0, 0.1) is 0 Å². The lowest BCUT2D eigenvalue weighted by atomic mass is 10.2. The number of hydrogen-bond acceptors (Lipinski definition) is 3. The molecule has 1 aromatic heterocycles. The summed E-state index contributed by atoms with van der Waals surface area (Å²) in [6.07, 6.45) is 3.67. The maximum Gasteiger partial charge on any atom is 0.257 e. The van der Waals surface area contributed by atoms with Crippen LogP contribution in [0.1, 0.15) is 37.0 Å². The lowest BCUT2D eigenvalue weighted by Crippen LogP contribution is -2.33. The van der Waals surface area contributed by atoms with E-state index in [2.05, 4.69) is 18.8 Å². The monoisotopic (exact) mass is 249 g/mol. The van der Waals surface area contributed by atoms with Crippen LogP contribution in [0.25, 0.3) is 0 Å². The van der Waals surface area contributed by atoms with Gasteiger partial charge in [-0.3, -0.25) is 4.79 Å². The number of carbonyl (C=O) groups excluding carboxylic acids is 1. The molecule has 0 aliphatic heterocycles. The summed E-state index contributed by atoms with van der Waals surface area (Å²) < 4.78 is 0. The van der Waals surface area contributed by atoms with Crippen molar-refractivity contribution < 1.29 is 4.79 Å². The lowest BCUT2D eigenvalue weighted by Gasteiger charge is -2.24. The Morgan fingerprint density at radius 2 is 1.83 bits per heavy atom. The van der Waals surface area contributed by atoms with Gasteiger partial charge in [-0.25, -0.2) is 4.98 Å². The van der Waals surface area contributed by atoms with E-state index in [0.717, 1.165) is 31.7 Å². The van der Waals surface area contributed by atoms with Crippen LogP contribution < -0.4 is 4.90 Å². The predicted molar refractivity (Wildman–Crippen MR) is 75.0 cm³/mol. The van der Waals surface area contributed by atoms with Gasteiger partial charge in [0.2, 0.25) is 0 Å². The Hall–Kier alpha value is -1.58. The van der Waals surface area contributed by atoms with Crippen molar-refractivity contribution in [1.29, 1.82) is 0 Å². The van der Waals surface area contributed by atoms with Crippen LogP contribution in [0.3, 0.4) is 0 Å². The second-order valence-electron chi connectivity index (χ2n) is 4.56. The van der Waals surface area contributed by atoms with Gasteiger partial charge in [0.15, 0.2) is 0 Å². The Bertz CT molecular complexity index is 384. The largest absolute Gasteiger partial charge is 0.362 e. The number of anilines is 1. The second kappa shape index (κ2) is 6.99. The number of carbonyl (C=O) groups is 1. The standard InChI is InChI=1S/C14H23N3O/c1-5-10-17(11-6-2)14(18)12-8-7-9-15-13(12)16(3)4/h7-9H,5-6,10-11H2,1-4H3. The molecule has 0 aromatic carbocycles. The van der Waals surface area contributed by atoms with Crippen molar-refractivity contribution >= 4 is 11.7 Å². The molecule has 0 saturated heterocycles. The highest BCUT2D eigenvalue weighted by atomic mass is 16.2. The molecule has 0 fully saturated rings. The molecule has 0 spiro atoms. The summed E-state index contributed by atoms with van der Waals surface area (Å²) in [5.74, 6) is 0.815. The molecule has 18 heavy (non-hydrogen) atoms. The van der Waals surface area contributed by atoms with E-state index in [1.165, 1.54) is 0 Å². The van der Waals surface area contributed by atoms with E-state index < -0.39 is 0 Å². The summed E-state index contributed by atoms with van der Waals surface area (Å²) in [6, 6.07) is 3.67. The molecule has 0 aliphatic rings. The van der Waals surface area contributed by atoms with Gasteiger partial charge in [0.25, 0.3) is 5.91 Å². The van der Waals surface area contributed by atoms with E-state index in [4.69, 9.17) is 0 Å². The van der Waals surface area contributed by atoms with Crippen molar-refractivity contribution in [1.82, 2.24) is 9.88 Å². The Morgan fingerprint density at radius 3 is 2.33 bits per heavy atom. The molecular formula is C14H23N3O. The lowest BCUT2D eigenvalue weighted by molar-refractivity contribution is 0.0756. The molecule has 1 heterocycles. The Kier molecular flexibility index (Phi) is 5.62. The van der Waals surface area contributed by atoms with Gasteiger partial charge < -0.3 is 9.80 Å². The molecule has 1 rings (SSSR count). The fraction of sp³-hybridized carbons (Fsp3) is 0.571. The molecule has 0 radical (unpaired) electrons. The Balaban J connectivity index is 3.00. The highest BCUT2D eigenvalue weighted by Gasteiger charge is 2.19. The molecule has 0 aliphatic carbocycles. The molecule has 100 valence electrons. The molecule has 1 amide bonds. The highest BCUT2D eigenvalue weighted by Crippen LogP contribution is 2.17. The minimum absolute atomic E-state index is 0.0792. The zero-order valence-corrected chi connectivity index (χ0v) is 11.8. The highest BCUT2D eigenvalue weighted by molar-refractivity contribution is 5.98. The first kappa shape index (κ1) is 14.5. The summed E-state index contributed by atoms with van der Waals surface area (Å²) in [5.41, 5.74) is 0.685. The number of aromatic nitrogens is 1. The van der Waals surface area contributed by atoms with E-state index in [9.17, 15) is 4.79 Å². The first-order valence-electron chi connectivity index (χ1n) is 6.53. The second-order valence-corrected chi connectivity index (χ2v) is 4.56. The van der Waals surface area contributed by atoms with Crippen LogP contribution in [-0.4, -0.2) is 43.0 Å². The average Bonchev–Trinajstić information content (AvgIpc) is 2.37. The molecule has 0 N–H and O–H groups in total. The SMILES string of the molecule is CCCN(CCC)C(=O)c1cccnc1N(C)C. The molecule has 0 bridgehead atoms. The quantitative estimate of drug-likeness (QED) is 0.777. The van der Waals surface area contributed by atoms with Gasteiger partial charge in [-0.15, -0.1) is 0 Å². The van der Waals surface area contributed by atoms with Crippen molar-refractivity contribution in [2.45, 2.75) is 26.7 Å². The van der Waals surface area contributed by atoms with Gasteiger partial charge in [-0.2, -0.15) is 0 Å². The molecule has 1 aromatic rings. The van der Waals surface area contributed by atoms with Crippen molar-refractivity contribution in [2.24, 2.45) is 0 Å². The topological polar surface area (TPSA) is 36.4 Å². The number of rotatable bonds is 6. The maximum atomic E-state index is 12.5. The number of nitrogens with zero attached hydrogens (tertiary/aromatic N) is 3. The van der Waals surface area contributed by atoms with E-state index in [0.29, 0.717) is 5.56 Å². The maximum absolute atomic E-state index is 12.5. The van der Waals surface area contributed by atoms with Crippen LogP contribution in [0.15, 0.2) is 18.3 Å². The molecule has 0 unspecified atom stereocenters.